The first-order valence-electron chi connectivity index (χ1n) is 3.70. The van der Waals surface area contributed by atoms with E-state index in [2.05, 4.69) is 4.74 Å². The summed E-state index contributed by atoms with van der Waals surface area (Å²) in [5, 5.41) is 15.9. The molecule has 12 heavy (non-hydrogen) atoms. The van der Waals surface area contributed by atoms with Crippen molar-refractivity contribution < 1.29 is 19.7 Å². The van der Waals surface area contributed by atoms with Gasteiger partial charge in [-0.3, -0.25) is 4.79 Å². The standard InChI is InChI=1S/C7H14O4S/c1-3-11-6(8)4-5-12-7(2,9)10/h9-10H,3-5H2,1-2H3. The Hall–Kier alpha value is -0.260. The van der Waals surface area contributed by atoms with E-state index in [4.69, 9.17) is 10.2 Å². The van der Waals surface area contributed by atoms with Crippen molar-refractivity contribution in [1.29, 1.82) is 0 Å². The van der Waals surface area contributed by atoms with Crippen LogP contribution in [0, 0.1) is 0 Å². The van der Waals surface area contributed by atoms with E-state index in [1.54, 1.807) is 6.92 Å². The third-order valence-electron chi connectivity index (χ3n) is 0.987. The molecule has 4 nitrogen and oxygen atoms in total. The molecule has 0 heterocycles. The van der Waals surface area contributed by atoms with Gasteiger partial charge in [0.25, 0.3) is 0 Å². The summed E-state index contributed by atoms with van der Waals surface area (Å²) < 4.78 is 4.64. The van der Waals surface area contributed by atoms with Crippen molar-refractivity contribution in [2.24, 2.45) is 0 Å². The summed E-state index contributed by atoms with van der Waals surface area (Å²) in [5.74, 6) is 0.0387. The fourth-order valence-corrected chi connectivity index (χ4v) is 1.22. The lowest BCUT2D eigenvalue weighted by Crippen LogP contribution is -2.18. The zero-order chi connectivity index (χ0) is 9.61. The second-order valence-corrected chi connectivity index (χ2v) is 3.81. The lowest BCUT2D eigenvalue weighted by molar-refractivity contribution is -0.142. The molecule has 0 aliphatic rings. The molecular formula is C7H14O4S. The number of carbonyl (C=O) groups excluding carboxylic acids is 1. The highest BCUT2D eigenvalue weighted by molar-refractivity contribution is 8.00. The van der Waals surface area contributed by atoms with E-state index >= 15 is 0 Å². The van der Waals surface area contributed by atoms with Crippen molar-refractivity contribution in [3.05, 3.63) is 0 Å². The smallest absolute Gasteiger partial charge is 0.306 e. The average molecular weight is 194 g/mol. The first-order valence-corrected chi connectivity index (χ1v) is 4.68. The van der Waals surface area contributed by atoms with Crippen LogP contribution in [0.1, 0.15) is 20.3 Å². The quantitative estimate of drug-likeness (QED) is 0.487. The largest absolute Gasteiger partial charge is 0.466 e. The molecule has 0 saturated heterocycles. The predicted octanol–water partition coefficient (Wildman–Crippen LogP) is 0.331. The number of hydrogen-bond acceptors (Lipinski definition) is 5. The van der Waals surface area contributed by atoms with E-state index in [0.717, 1.165) is 11.8 Å². The van der Waals surface area contributed by atoms with Gasteiger partial charge in [0.15, 0.2) is 0 Å². The summed E-state index contributed by atoms with van der Waals surface area (Å²) in [5.41, 5.74) is 0. The monoisotopic (exact) mass is 194 g/mol. The maximum atomic E-state index is 10.7. The molecule has 0 rings (SSSR count). The third kappa shape index (κ3) is 7.84. The minimum absolute atomic E-state index is 0.204. The van der Waals surface area contributed by atoms with Crippen molar-refractivity contribution in [3.63, 3.8) is 0 Å². The Morgan fingerprint density at radius 2 is 2.17 bits per heavy atom. The molecule has 0 saturated carbocycles. The maximum Gasteiger partial charge on any atom is 0.306 e. The Morgan fingerprint density at radius 3 is 2.58 bits per heavy atom. The Labute approximate surface area is 75.9 Å². The molecule has 0 aliphatic heterocycles. The van der Waals surface area contributed by atoms with Gasteiger partial charge >= 0.3 is 5.97 Å². The molecule has 2 N–H and O–H groups in total. The van der Waals surface area contributed by atoms with Gasteiger partial charge in [0.05, 0.1) is 13.0 Å². The third-order valence-corrected chi connectivity index (χ3v) is 1.94. The number of esters is 1. The van der Waals surface area contributed by atoms with E-state index in [0.29, 0.717) is 12.4 Å². The van der Waals surface area contributed by atoms with Crippen LogP contribution in [0.15, 0.2) is 0 Å². The zero-order valence-electron chi connectivity index (χ0n) is 7.24. The van der Waals surface area contributed by atoms with Crippen molar-refractivity contribution in [2.75, 3.05) is 12.4 Å². The summed E-state index contributed by atoms with van der Waals surface area (Å²) in [7, 11) is 0. The molecule has 0 spiro atoms. The van der Waals surface area contributed by atoms with E-state index < -0.39 is 5.12 Å². The van der Waals surface area contributed by atoms with Crippen LogP contribution in [-0.2, 0) is 9.53 Å². The minimum atomic E-state index is -1.76. The second kappa shape index (κ2) is 5.40. The SMILES string of the molecule is CCOC(=O)CCSC(C)(O)O. The maximum absolute atomic E-state index is 10.7. The summed E-state index contributed by atoms with van der Waals surface area (Å²) in [6.07, 6.45) is 0.204. The van der Waals surface area contributed by atoms with Gasteiger partial charge in [-0.1, -0.05) is 11.8 Å². The Bertz CT molecular complexity index is 141. The highest BCUT2D eigenvalue weighted by Crippen LogP contribution is 2.18. The van der Waals surface area contributed by atoms with Crippen molar-refractivity contribution >= 4 is 17.7 Å². The van der Waals surface area contributed by atoms with Gasteiger partial charge in [-0.15, -0.1) is 0 Å². The molecule has 0 atom stereocenters. The molecule has 0 fully saturated rings. The molecule has 0 radical (unpaired) electrons. The Balaban J connectivity index is 3.37. The number of aliphatic hydroxyl groups is 2. The van der Waals surface area contributed by atoms with Crippen LogP contribution in [0.3, 0.4) is 0 Å². The van der Waals surface area contributed by atoms with Crippen molar-refractivity contribution in [2.45, 2.75) is 25.4 Å². The fourth-order valence-electron chi connectivity index (χ4n) is 0.561. The van der Waals surface area contributed by atoms with Gasteiger partial charge in [0.2, 0.25) is 5.12 Å². The Morgan fingerprint density at radius 1 is 1.58 bits per heavy atom. The summed E-state index contributed by atoms with van der Waals surface area (Å²) >= 11 is 0.898. The van der Waals surface area contributed by atoms with Crippen LogP contribution < -0.4 is 0 Å². The molecule has 0 unspecified atom stereocenters. The number of rotatable bonds is 5. The molecule has 0 aromatic heterocycles. The van der Waals surface area contributed by atoms with Crippen LogP contribution in [0.25, 0.3) is 0 Å². The second-order valence-electron chi connectivity index (χ2n) is 2.34. The molecule has 0 amide bonds. The molecule has 0 bridgehead atoms. The molecular weight excluding hydrogens is 180 g/mol. The van der Waals surface area contributed by atoms with Gasteiger partial charge in [-0.25, -0.2) is 0 Å². The lowest BCUT2D eigenvalue weighted by Gasteiger charge is -2.13. The van der Waals surface area contributed by atoms with E-state index in [9.17, 15) is 4.79 Å². The van der Waals surface area contributed by atoms with Crippen molar-refractivity contribution in [3.8, 4) is 0 Å². The number of carbonyl (C=O) groups is 1. The minimum Gasteiger partial charge on any atom is -0.466 e. The van der Waals surface area contributed by atoms with Crippen LogP contribution in [0.2, 0.25) is 0 Å². The molecule has 5 heteroatoms. The van der Waals surface area contributed by atoms with Crippen LogP contribution in [0.4, 0.5) is 0 Å². The summed E-state index contributed by atoms with van der Waals surface area (Å²) in [4.78, 5) is 10.7. The summed E-state index contributed by atoms with van der Waals surface area (Å²) in [6, 6.07) is 0. The highest BCUT2D eigenvalue weighted by atomic mass is 32.2. The van der Waals surface area contributed by atoms with E-state index in [1.807, 2.05) is 0 Å². The average Bonchev–Trinajstić information content (AvgIpc) is 1.84. The molecule has 72 valence electrons. The van der Waals surface area contributed by atoms with Gasteiger partial charge in [0.1, 0.15) is 0 Å². The number of hydrogen-bond donors (Lipinski definition) is 2. The molecule has 0 aliphatic carbocycles. The van der Waals surface area contributed by atoms with Gasteiger partial charge < -0.3 is 14.9 Å². The Kier molecular flexibility index (Phi) is 5.28. The molecule has 0 aromatic carbocycles. The number of thioether (sulfide) groups is 1. The normalized spacial score (nSPS) is 11.3. The topological polar surface area (TPSA) is 66.8 Å². The van der Waals surface area contributed by atoms with Gasteiger partial charge in [-0.2, -0.15) is 0 Å². The first-order chi connectivity index (χ1) is 5.45. The van der Waals surface area contributed by atoms with Crippen LogP contribution in [-0.4, -0.2) is 33.7 Å². The highest BCUT2D eigenvalue weighted by Gasteiger charge is 2.15. The van der Waals surface area contributed by atoms with Gasteiger partial charge in [0, 0.05) is 5.75 Å². The van der Waals surface area contributed by atoms with Crippen LogP contribution in [0.5, 0.6) is 0 Å². The lowest BCUT2D eigenvalue weighted by atomic mass is 10.5. The number of ether oxygens (including phenoxy) is 1. The van der Waals surface area contributed by atoms with Crippen LogP contribution >= 0.6 is 11.8 Å². The summed E-state index contributed by atoms with van der Waals surface area (Å²) in [6.45, 7) is 3.34. The zero-order valence-corrected chi connectivity index (χ0v) is 8.06. The van der Waals surface area contributed by atoms with Gasteiger partial charge in [-0.05, 0) is 13.8 Å². The first kappa shape index (κ1) is 11.7. The predicted molar refractivity (Wildman–Crippen MR) is 46.6 cm³/mol. The fraction of sp³-hybridized carbons (Fsp3) is 0.857. The van der Waals surface area contributed by atoms with Crippen molar-refractivity contribution in [1.82, 2.24) is 0 Å². The van der Waals surface area contributed by atoms with E-state index in [-0.39, 0.29) is 12.4 Å². The van der Waals surface area contributed by atoms with E-state index in [1.165, 1.54) is 6.92 Å². The molecule has 0 aromatic rings.